The van der Waals surface area contributed by atoms with Gasteiger partial charge in [-0.2, -0.15) is 10.5 Å². The van der Waals surface area contributed by atoms with E-state index in [1.165, 1.54) is 7.11 Å². The number of nitrogens with two attached hydrogens (primary N) is 2. The maximum absolute atomic E-state index is 10.5. The van der Waals surface area contributed by atoms with Crippen molar-refractivity contribution in [3.8, 4) is 23.8 Å². The van der Waals surface area contributed by atoms with E-state index in [-0.39, 0.29) is 40.3 Å². The van der Waals surface area contributed by atoms with Crippen molar-refractivity contribution in [3.63, 3.8) is 0 Å². The van der Waals surface area contributed by atoms with Crippen molar-refractivity contribution < 1.29 is 9.84 Å². The third-order valence-electron chi connectivity index (χ3n) is 4.56. The van der Waals surface area contributed by atoms with Crippen molar-refractivity contribution in [2.45, 2.75) is 12.6 Å². The van der Waals surface area contributed by atoms with E-state index in [0.717, 1.165) is 0 Å². The molecule has 1 aliphatic heterocycles. The number of benzene rings is 1. The van der Waals surface area contributed by atoms with Gasteiger partial charge in [-0.1, -0.05) is 0 Å². The highest BCUT2D eigenvalue weighted by Crippen LogP contribution is 2.43. The SMILES string of the molecule is COc1cc(C2N=C(NC#N)Nc3nc(N)c(C#N)c(N)c32)cc(CN(C)C)c1O. The van der Waals surface area contributed by atoms with E-state index in [1.807, 2.05) is 25.1 Å². The van der Waals surface area contributed by atoms with Gasteiger partial charge in [0, 0.05) is 17.7 Å². The second kappa shape index (κ2) is 8.03. The van der Waals surface area contributed by atoms with E-state index in [1.54, 1.807) is 18.3 Å². The molecule has 0 aliphatic carbocycles. The number of guanidine groups is 1. The fraction of sp³-hybridized carbons (Fsp3) is 0.263. The van der Waals surface area contributed by atoms with Crippen molar-refractivity contribution in [2.24, 2.45) is 4.99 Å². The Balaban J connectivity index is 2.27. The van der Waals surface area contributed by atoms with Crippen LogP contribution in [0.5, 0.6) is 11.5 Å². The topological polar surface area (TPSA) is 182 Å². The van der Waals surface area contributed by atoms with E-state index in [4.69, 9.17) is 21.5 Å². The second-order valence-corrected chi connectivity index (χ2v) is 6.87. The maximum Gasteiger partial charge on any atom is 0.211 e. The molecule has 1 aromatic heterocycles. The largest absolute Gasteiger partial charge is 0.504 e. The van der Waals surface area contributed by atoms with E-state index in [2.05, 4.69) is 20.6 Å². The summed E-state index contributed by atoms with van der Waals surface area (Å²) in [5, 5.41) is 34.3. The van der Waals surface area contributed by atoms with Crippen LogP contribution in [0.25, 0.3) is 0 Å². The van der Waals surface area contributed by atoms with Crippen molar-refractivity contribution >= 4 is 23.3 Å². The number of phenolic OH excluding ortho intramolecular Hbond substituents is 1. The zero-order chi connectivity index (χ0) is 22.0. The van der Waals surface area contributed by atoms with Crippen molar-refractivity contribution in [2.75, 3.05) is 38.0 Å². The summed E-state index contributed by atoms with van der Waals surface area (Å²) in [5.41, 5.74) is 14.0. The molecule has 1 unspecified atom stereocenters. The summed E-state index contributed by atoms with van der Waals surface area (Å²) in [7, 11) is 5.19. The van der Waals surface area contributed by atoms with Crippen LogP contribution in [-0.4, -0.2) is 42.2 Å². The summed E-state index contributed by atoms with van der Waals surface area (Å²) in [6.07, 6.45) is 1.80. The third-order valence-corrected chi connectivity index (χ3v) is 4.56. The van der Waals surface area contributed by atoms with Gasteiger partial charge in [-0.25, -0.2) is 9.98 Å². The van der Waals surface area contributed by atoms with Crippen LogP contribution < -0.4 is 26.8 Å². The lowest BCUT2D eigenvalue weighted by atomic mass is 9.93. The fourth-order valence-corrected chi connectivity index (χ4v) is 3.29. The molecule has 0 radical (unpaired) electrons. The molecule has 0 bridgehead atoms. The molecule has 11 heteroatoms. The van der Waals surface area contributed by atoms with Crippen LogP contribution in [0.2, 0.25) is 0 Å². The zero-order valence-corrected chi connectivity index (χ0v) is 16.7. The summed E-state index contributed by atoms with van der Waals surface area (Å²) in [4.78, 5) is 10.6. The number of aliphatic imine (C=N–C) groups is 1. The Labute approximate surface area is 173 Å². The monoisotopic (exact) mass is 407 g/mol. The molecule has 3 rings (SSSR count). The van der Waals surface area contributed by atoms with Crippen LogP contribution in [-0.2, 0) is 6.54 Å². The van der Waals surface area contributed by atoms with E-state index >= 15 is 0 Å². The second-order valence-electron chi connectivity index (χ2n) is 6.87. The van der Waals surface area contributed by atoms with E-state index < -0.39 is 6.04 Å². The average molecular weight is 407 g/mol. The number of fused-ring (bicyclic) bond motifs is 1. The smallest absolute Gasteiger partial charge is 0.211 e. The molecule has 1 aliphatic rings. The number of aromatic hydroxyl groups is 1. The van der Waals surface area contributed by atoms with Crippen molar-refractivity contribution in [1.82, 2.24) is 15.2 Å². The minimum atomic E-state index is -0.729. The minimum Gasteiger partial charge on any atom is -0.504 e. The van der Waals surface area contributed by atoms with Gasteiger partial charge in [-0.05, 0) is 31.8 Å². The Hall–Kier alpha value is -4.22. The van der Waals surface area contributed by atoms with Gasteiger partial charge in [0.15, 0.2) is 17.7 Å². The highest BCUT2D eigenvalue weighted by atomic mass is 16.5. The number of aromatic nitrogens is 1. The van der Waals surface area contributed by atoms with Gasteiger partial charge in [0.05, 0.1) is 12.8 Å². The Kier molecular flexibility index (Phi) is 5.49. The van der Waals surface area contributed by atoms with E-state index in [0.29, 0.717) is 23.2 Å². The van der Waals surface area contributed by atoms with Gasteiger partial charge < -0.3 is 31.5 Å². The Morgan fingerprint density at radius 2 is 2.07 bits per heavy atom. The zero-order valence-electron chi connectivity index (χ0n) is 16.7. The van der Waals surface area contributed by atoms with Gasteiger partial charge in [-0.3, -0.25) is 5.32 Å². The molecule has 30 heavy (non-hydrogen) atoms. The number of nitrogens with one attached hydrogen (secondary N) is 2. The lowest BCUT2D eigenvalue weighted by molar-refractivity contribution is 0.354. The molecule has 2 heterocycles. The number of nitrogen functional groups attached to an aromatic ring is 2. The molecule has 0 spiro atoms. The average Bonchev–Trinajstić information content (AvgIpc) is 2.69. The standard InChI is InChI=1S/C19H21N9O2/c1-28(2)7-10-4-9(5-12(30-3)16(10)29)15-13-14(22)11(6-20)17(23)26-18(13)27-19(25-15)24-8-21/h4-5,15,29H,7H2,1-3H3,(H6,22,23,24,25,26,27). The first-order valence-corrected chi connectivity index (χ1v) is 8.84. The number of hydrogen-bond donors (Lipinski definition) is 5. The van der Waals surface area contributed by atoms with Gasteiger partial charge in [0.2, 0.25) is 5.96 Å². The van der Waals surface area contributed by atoms with Crippen LogP contribution in [0, 0.1) is 22.8 Å². The predicted octanol–water partition coefficient (Wildman–Crippen LogP) is 0.835. The quantitative estimate of drug-likeness (QED) is 0.359. The molecular weight excluding hydrogens is 386 g/mol. The van der Waals surface area contributed by atoms with Gasteiger partial charge in [-0.15, -0.1) is 0 Å². The number of rotatable bonds is 4. The van der Waals surface area contributed by atoms with Crippen molar-refractivity contribution in [3.05, 3.63) is 34.4 Å². The first-order chi connectivity index (χ1) is 14.3. The molecular formula is C19H21N9O2. The summed E-state index contributed by atoms with van der Waals surface area (Å²) in [6.45, 7) is 0.444. The summed E-state index contributed by atoms with van der Waals surface area (Å²) < 4.78 is 5.34. The highest BCUT2D eigenvalue weighted by molar-refractivity contribution is 5.98. The Bertz CT molecular complexity index is 1110. The molecule has 0 fully saturated rings. The van der Waals surface area contributed by atoms with Crippen LogP contribution in [0.1, 0.15) is 28.3 Å². The van der Waals surface area contributed by atoms with E-state index in [9.17, 15) is 10.4 Å². The number of pyridine rings is 1. The molecule has 154 valence electrons. The molecule has 0 saturated carbocycles. The number of anilines is 3. The number of nitriles is 2. The lowest BCUT2D eigenvalue weighted by Gasteiger charge is -2.27. The van der Waals surface area contributed by atoms with Crippen LogP contribution in [0.4, 0.5) is 17.3 Å². The first kappa shape index (κ1) is 20.5. The number of nitrogens with zero attached hydrogens (tertiary/aromatic N) is 5. The minimum absolute atomic E-state index is 0.0181. The predicted molar refractivity (Wildman–Crippen MR) is 111 cm³/mol. The maximum atomic E-state index is 10.5. The normalized spacial score (nSPS) is 14.7. The van der Waals surface area contributed by atoms with Gasteiger partial charge in [0.25, 0.3) is 0 Å². The first-order valence-electron chi connectivity index (χ1n) is 8.84. The third kappa shape index (κ3) is 3.57. The fourth-order valence-electron chi connectivity index (χ4n) is 3.29. The number of ether oxygens (including phenoxy) is 1. The molecule has 0 amide bonds. The summed E-state index contributed by atoms with van der Waals surface area (Å²) in [6, 6.07) is 4.63. The number of methoxy groups -OCH3 is 1. The Morgan fingerprint density at radius 1 is 1.33 bits per heavy atom. The molecule has 1 aromatic carbocycles. The highest BCUT2D eigenvalue weighted by Gasteiger charge is 2.30. The van der Waals surface area contributed by atoms with Gasteiger partial charge >= 0.3 is 0 Å². The van der Waals surface area contributed by atoms with Crippen LogP contribution >= 0.6 is 0 Å². The lowest BCUT2D eigenvalue weighted by Crippen LogP contribution is -2.32. The Morgan fingerprint density at radius 3 is 2.67 bits per heavy atom. The van der Waals surface area contributed by atoms with Gasteiger partial charge in [0.1, 0.15) is 29.3 Å². The van der Waals surface area contributed by atoms with Crippen LogP contribution in [0.3, 0.4) is 0 Å². The molecule has 0 saturated heterocycles. The summed E-state index contributed by atoms with van der Waals surface area (Å²) >= 11 is 0. The van der Waals surface area contributed by atoms with Crippen molar-refractivity contribution in [1.29, 1.82) is 10.5 Å². The summed E-state index contributed by atoms with van der Waals surface area (Å²) in [5.74, 6) is 0.673. The number of phenols is 1. The number of hydrogen-bond acceptors (Lipinski definition) is 11. The molecule has 2 aromatic rings. The van der Waals surface area contributed by atoms with Crippen LogP contribution in [0.15, 0.2) is 17.1 Å². The molecule has 7 N–H and O–H groups in total. The molecule has 1 atom stereocenters. The molecule has 11 nitrogen and oxygen atoms in total.